The van der Waals surface area contributed by atoms with Gasteiger partial charge >= 0.3 is 6.18 Å². The van der Waals surface area contributed by atoms with Gasteiger partial charge in [0.2, 0.25) is 5.91 Å². The fourth-order valence-corrected chi connectivity index (χ4v) is 3.11. The van der Waals surface area contributed by atoms with Crippen molar-refractivity contribution in [3.05, 3.63) is 71.2 Å². The number of para-hydroxylation sites is 1. The topological polar surface area (TPSA) is 54.0 Å². The maximum Gasteiger partial charge on any atom is 0.418 e. The zero-order valence-electron chi connectivity index (χ0n) is 13.4. The van der Waals surface area contributed by atoms with Gasteiger partial charge in [0.15, 0.2) is 0 Å². The molecule has 8 heteroatoms. The van der Waals surface area contributed by atoms with Gasteiger partial charge in [-0.2, -0.15) is 13.2 Å². The lowest BCUT2D eigenvalue weighted by Gasteiger charge is -2.14. The lowest BCUT2D eigenvalue weighted by Crippen LogP contribution is -2.31. The molecule has 2 N–H and O–H groups in total. The number of hydrogen-bond donors (Lipinski definition) is 2. The predicted octanol–water partition coefficient (Wildman–Crippen LogP) is 4.51. The van der Waals surface area contributed by atoms with Gasteiger partial charge in [-0.15, -0.1) is 11.3 Å². The van der Waals surface area contributed by atoms with Crippen molar-refractivity contribution >= 4 is 22.9 Å². The van der Waals surface area contributed by atoms with Crippen molar-refractivity contribution < 1.29 is 18.0 Å². The van der Waals surface area contributed by atoms with E-state index in [1.54, 1.807) is 5.38 Å². The Morgan fingerprint density at radius 3 is 2.46 bits per heavy atom. The Labute approximate surface area is 151 Å². The maximum atomic E-state index is 12.9. The Balaban J connectivity index is 1.62. The molecule has 134 valence electrons. The molecule has 4 nitrogen and oxygen atoms in total. The first-order chi connectivity index (χ1) is 12.4. The fraction of sp³-hybridized carbons (Fsp3) is 0.111. The van der Waals surface area contributed by atoms with Crippen LogP contribution in [0.2, 0.25) is 0 Å². The van der Waals surface area contributed by atoms with Crippen LogP contribution in [-0.4, -0.2) is 10.9 Å². The summed E-state index contributed by atoms with van der Waals surface area (Å²) in [7, 11) is 0. The molecule has 0 aliphatic heterocycles. The molecule has 0 fully saturated rings. The van der Waals surface area contributed by atoms with Crippen LogP contribution in [0.3, 0.4) is 0 Å². The number of hydrogen-bond acceptors (Lipinski definition) is 4. The van der Waals surface area contributed by atoms with E-state index in [4.69, 9.17) is 0 Å². The third-order valence-electron chi connectivity index (χ3n) is 3.48. The molecule has 0 saturated heterocycles. The summed E-state index contributed by atoms with van der Waals surface area (Å²) in [5, 5.41) is 2.54. The van der Waals surface area contributed by atoms with Gasteiger partial charge in [0.05, 0.1) is 23.4 Å². The number of benzene rings is 2. The van der Waals surface area contributed by atoms with Crippen molar-refractivity contribution in [2.45, 2.75) is 12.6 Å². The standard InChI is InChI=1S/C18H14F3N3OS/c19-18(20,21)14-8-4-5-9-15(14)23-24-16(25)10-13-11-26-17(22-13)12-6-2-1-3-7-12/h1-9,11,23H,10H2,(H,24,25). The number of hydrazine groups is 1. The summed E-state index contributed by atoms with van der Waals surface area (Å²) < 4.78 is 38.8. The minimum Gasteiger partial charge on any atom is -0.298 e. The molecule has 1 heterocycles. The fourth-order valence-electron chi connectivity index (χ4n) is 2.29. The average Bonchev–Trinajstić information content (AvgIpc) is 3.09. The van der Waals surface area contributed by atoms with Gasteiger partial charge < -0.3 is 0 Å². The van der Waals surface area contributed by atoms with E-state index in [1.165, 1.54) is 29.5 Å². The maximum absolute atomic E-state index is 12.9. The van der Waals surface area contributed by atoms with Gasteiger partial charge in [-0.05, 0) is 12.1 Å². The summed E-state index contributed by atoms with van der Waals surface area (Å²) in [5.74, 6) is -0.480. The molecule has 1 amide bonds. The molecule has 0 aliphatic carbocycles. The van der Waals surface area contributed by atoms with Gasteiger partial charge in [-0.3, -0.25) is 15.6 Å². The molecule has 2 aromatic carbocycles. The minimum atomic E-state index is -4.51. The number of rotatable bonds is 5. The first-order valence-electron chi connectivity index (χ1n) is 7.64. The molecule has 0 unspecified atom stereocenters. The molecule has 0 aliphatic rings. The zero-order valence-corrected chi connectivity index (χ0v) is 14.2. The summed E-state index contributed by atoms with van der Waals surface area (Å²) in [4.78, 5) is 16.4. The molecule has 0 saturated carbocycles. The van der Waals surface area contributed by atoms with Crippen molar-refractivity contribution in [3.8, 4) is 10.6 Å². The second kappa shape index (κ2) is 7.57. The Hall–Kier alpha value is -2.87. The van der Waals surface area contributed by atoms with Crippen LogP contribution in [0.25, 0.3) is 10.6 Å². The molecule has 1 aromatic heterocycles. The highest BCUT2D eigenvalue weighted by Crippen LogP contribution is 2.34. The van der Waals surface area contributed by atoms with E-state index in [-0.39, 0.29) is 12.1 Å². The number of aromatic nitrogens is 1. The molecule has 26 heavy (non-hydrogen) atoms. The molecule has 0 radical (unpaired) electrons. The van der Waals surface area contributed by atoms with Crippen LogP contribution in [0, 0.1) is 0 Å². The highest BCUT2D eigenvalue weighted by molar-refractivity contribution is 7.13. The van der Waals surface area contributed by atoms with Crippen molar-refractivity contribution in [1.29, 1.82) is 0 Å². The number of carbonyl (C=O) groups excluding carboxylic acids is 1. The number of thiazole rings is 1. The average molecular weight is 377 g/mol. The number of carbonyl (C=O) groups is 1. The van der Waals surface area contributed by atoms with Crippen LogP contribution in [-0.2, 0) is 17.4 Å². The van der Waals surface area contributed by atoms with Crippen LogP contribution in [0.4, 0.5) is 18.9 Å². The predicted molar refractivity (Wildman–Crippen MR) is 94.5 cm³/mol. The lowest BCUT2D eigenvalue weighted by atomic mass is 10.2. The van der Waals surface area contributed by atoms with Crippen molar-refractivity contribution in [2.24, 2.45) is 0 Å². The summed E-state index contributed by atoms with van der Waals surface area (Å²) in [6.07, 6.45) is -4.54. The van der Waals surface area contributed by atoms with Crippen molar-refractivity contribution in [3.63, 3.8) is 0 Å². The molecule has 3 rings (SSSR count). The van der Waals surface area contributed by atoms with Crippen molar-refractivity contribution in [2.75, 3.05) is 5.43 Å². The first kappa shape index (κ1) is 17.9. The number of amides is 1. The van der Waals surface area contributed by atoms with Gasteiger partial charge in [-0.25, -0.2) is 4.98 Å². The third kappa shape index (κ3) is 4.40. The summed E-state index contributed by atoms with van der Waals surface area (Å²) in [5.41, 5.74) is 5.06. The highest BCUT2D eigenvalue weighted by Gasteiger charge is 2.33. The number of nitrogens with zero attached hydrogens (tertiary/aromatic N) is 1. The zero-order chi connectivity index (χ0) is 18.6. The SMILES string of the molecule is O=C(Cc1csc(-c2ccccc2)n1)NNc1ccccc1C(F)(F)F. The Bertz CT molecular complexity index is 894. The first-order valence-corrected chi connectivity index (χ1v) is 8.52. The van der Waals surface area contributed by atoms with Crippen LogP contribution >= 0.6 is 11.3 Å². The largest absolute Gasteiger partial charge is 0.418 e. The van der Waals surface area contributed by atoms with Crippen LogP contribution in [0.5, 0.6) is 0 Å². The van der Waals surface area contributed by atoms with E-state index in [2.05, 4.69) is 15.8 Å². The Kier molecular flexibility index (Phi) is 5.22. The van der Waals surface area contributed by atoms with E-state index >= 15 is 0 Å². The summed E-state index contributed by atoms with van der Waals surface area (Å²) >= 11 is 1.40. The van der Waals surface area contributed by atoms with E-state index in [0.29, 0.717) is 5.69 Å². The Morgan fingerprint density at radius 2 is 1.73 bits per heavy atom. The molecular weight excluding hydrogens is 363 g/mol. The van der Waals surface area contributed by atoms with Gasteiger partial charge in [0.1, 0.15) is 5.01 Å². The number of nitrogens with one attached hydrogen (secondary N) is 2. The number of halogens is 3. The van der Waals surface area contributed by atoms with E-state index in [9.17, 15) is 18.0 Å². The molecule has 0 atom stereocenters. The smallest absolute Gasteiger partial charge is 0.298 e. The molecule has 3 aromatic rings. The molecule has 0 spiro atoms. The summed E-state index contributed by atoms with van der Waals surface area (Å²) in [6.45, 7) is 0. The Morgan fingerprint density at radius 1 is 1.04 bits per heavy atom. The summed E-state index contributed by atoms with van der Waals surface area (Å²) in [6, 6.07) is 14.5. The quantitative estimate of drug-likeness (QED) is 0.643. The van der Waals surface area contributed by atoms with Crippen LogP contribution in [0.1, 0.15) is 11.3 Å². The number of alkyl halides is 3. The second-order valence-electron chi connectivity index (χ2n) is 5.40. The van der Waals surface area contributed by atoms with Gasteiger partial charge in [0, 0.05) is 10.9 Å². The second-order valence-corrected chi connectivity index (χ2v) is 6.26. The van der Waals surface area contributed by atoms with E-state index in [0.717, 1.165) is 16.6 Å². The normalized spacial score (nSPS) is 11.2. The van der Waals surface area contributed by atoms with E-state index < -0.39 is 17.6 Å². The van der Waals surface area contributed by atoms with Crippen molar-refractivity contribution in [1.82, 2.24) is 10.4 Å². The van der Waals surface area contributed by atoms with E-state index in [1.807, 2.05) is 30.3 Å². The third-order valence-corrected chi connectivity index (χ3v) is 4.42. The van der Waals surface area contributed by atoms with Gasteiger partial charge in [0.25, 0.3) is 0 Å². The number of anilines is 1. The van der Waals surface area contributed by atoms with Crippen LogP contribution in [0.15, 0.2) is 60.0 Å². The highest BCUT2D eigenvalue weighted by atomic mass is 32.1. The minimum absolute atomic E-state index is 0.0372. The van der Waals surface area contributed by atoms with Crippen LogP contribution < -0.4 is 10.9 Å². The molecular formula is C18H14F3N3OS. The molecule has 0 bridgehead atoms. The monoisotopic (exact) mass is 377 g/mol. The van der Waals surface area contributed by atoms with Gasteiger partial charge in [-0.1, -0.05) is 42.5 Å². The lowest BCUT2D eigenvalue weighted by molar-refractivity contribution is -0.137.